The van der Waals surface area contributed by atoms with E-state index in [2.05, 4.69) is 25.0 Å². The zero-order valence-corrected chi connectivity index (χ0v) is 27.0. The molecule has 5 atom stereocenters. The molecule has 0 radical (unpaired) electrons. The summed E-state index contributed by atoms with van der Waals surface area (Å²) in [5, 5.41) is 3.76. The number of rotatable bonds is 8. The number of halogens is 1. The van der Waals surface area contributed by atoms with Gasteiger partial charge in [0.2, 0.25) is 5.91 Å². The molecule has 2 aliphatic carbocycles. The van der Waals surface area contributed by atoms with Crippen molar-refractivity contribution in [1.82, 2.24) is 25.1 Å². The molecule has 7 rings (SSSR count). The standard InChI is InChI=1S/C35H48FN7O2/c1-4-41(22(2)3)34(44)28-19-26(36)9-10-30(28)43-15-14-42(33-31(43)20-37-21-38-33)27-6-5-12-40(13-11-27)35(45)32-25-17-24(16-23-7-8-23)29(18-25)39-32/h9-10,19-25,27,29,32,39H,4-8,11-18H2,1-3H3/t24-,25?,27+,29?,32+/m1/s1. The molecule has 1 N–H and O–H groups in total. The van der Waals surface area contributed by atoms with Crippen LogP contribution in [0.1, 0.15) is 82.5 Å². The minimum absolute atomic E-state index is 0.00314. The number of fused-ring (bicyclic) bond motifs is 3. The first kappa shape index (κ1) is 30.4. The molecule has 2 aromatic rings. The molecule has 2 bridgehead atoms. The highest BCUT2D eigenvalue weighted by molar-refractivity contribution is 6.01. The number of carbonyl (C=O) groups is 2. The van der Waals surface area contributed by atoms with Crippen molar-refractivity contribution in [2.45, 2.75) is 96.3 Å². The zero-order chi connectivity index (χ0) is 31.2. The van der Waals surface area contributed by atoms with E-state index in [0.29, 0.717) is 48.8 Å². The zero-order valence-electron chi connectivity index (χ0n) is 27.0. The Labute approximate surface area is 266 Å². The van der Waals surface area contributed by atoms with Gasteiger partial charge in [-0.05, 0) is 95.2 Å². The van der Waals surface area contributed by atoms with Crippen LogP contribution in [0.5, 0.6) is 0 Å². The topological polar surface area (TPSA) is 84.9 Å². The molecule has 2 unspecified atom stereocenters. The van der Waals surface area contributed by atoms with Crippen molar-refractivity contribution < 1.29 is 14.0 Å². The van der Waals surface area contributed by atoms with E-state index in [9.17, 15) is 14.0 Å². The van der Waals surface area contributed by atoms with Crippen LogP contribution in [-0.2, 0) is 4.79 Å². The van der Waals surface area contributed by atoms with E-state index in [4.69, 9.17) is 4.98 Å². The SMILES string of the molecule is CCN(C(=O)c1cc(F)ccc1N1CCN([C@H]2CCCN(C(=O)[C@H]3NC4CC3C[C@H]4CC3CC3)CC2)c2ncncc21)C(C)C. The van der Waals surface area contributed by atoms with Crippen molar-refractivity contribution in [2.24, 2.45) is 17.8 Å². The molecule has 2 saturated heterocycles. The Morgan fingerprint density at radius 1 is 1.07 bits per heavy atom. The molecule has 5 aliphatic rings. The highest BCUT2D eigenvalue weighted by Gasteiger charge is 2.50. The Hall–Kier alpha value is -3.27. The van der Waals surface area contributed by atoms with Crippen LogP contribution in [0.25, 0.3) is 0 Å². The molecular weight excluding hydrogens is 569 g/mol. The lowest BCUT2D eigenvalue weighted by Gasteiger charge is -2.42. The van der Waals surface area contributed by atoms with Crippen LogP contribution in [-0.4, -0.2) is 88.5 Å². The summed E-state index contributed by atoms with van der Waals surface area (Å²) in [6.07, 6.45) is 12.8. The van der Waals surface area contributed by atoms with Crippen molar-refractivity contribution >= 4 is 29.0 Å². The number of nitrogens with zero attached hydrogens (tertiary/aromatic N) is 6. The second-order valence-corrected chi connectivity index (χ2v) is 14.3. The summed E-state index contributed by atoms with van der Waals surface area (Å²) in [5.41, 5.74) is 1.85. The molecule has 4 fully saturated rings. The van der Waals surface area contributed by atoms with Gasteiger partial charge in [0.05, 0.1) is 23.5 Å². The molecule has 1 aromatic heterocycles. The van der Waals surface area contributed by atoms with Crippen LogP contribution in [0, 0.1) is 23.6 Å². The maximum atomic E-state index is 14.5. The molecule has 0 spiro atoms. The van der Waals surface area contributed by atoms with Crippen molar-refractivity contribution in [3.63, 3.8) is 0 Å². The summed E-state index contributed by atoms with van der Waals surface area (Å²) < 4.78 is 14.5. The van der Waals surface area contributed by atoms with E-state index < -0.39 is 5.82 Å². The first-order valence-corrected chi connectivity index (χ1v) is 17.3. The lowest BCUT2D eigenvalue weighted by molar-refractivity contribution is -0.134. The molecule has 45 heavy (non-hydrogen) atoms. The summed E-state index contributed by atoms with van der Waals surface area (Å²) in [4.78, 5) is 44.8. The normalized spacial score (nSPS) is 27.9. The molecule has 242 valence electrons. The number of aromatic nitrogens is 2. The third kappa shape index (κ3) is 5.90. The van der Waals surface area contributed by atoms with Gasteiger partial charge in [0.25, 0.3) is 5.91 Å². The van der Waals surface area contributed by atoms with Gasteiger partial charge in [0.1, 0.15) is 17.8 Å². The molecule has 2 saturated carbocycles. The van der Waals surface area contributed by atoms with Gasteiger partial charge in [-0.2, -0.15) is 0 Å². The van der Waals surface area contributed by atoms with Crippen molar-refractivity contribution in [1.29, 1.82) is 0 Å². The number of benzene rings is 1. The first-order valence-electron chi connectivity index (χ1n) is 17.3. The molecule has 4 heterocycles. The number of piperidine rings is 1. The summed E-state index contributed by atoms with van der Waals surface area (Å²) >= 11 is 0. The molecular formula is C35H48FN7O2. The fourth-order valence-electron chi connectivity index (χ4n) is 8.71. The van der Waals surface area contributed by atoms with Gasteiger partial charge in [-0.3, -0.25) is 9.59 Å². The number of carbonyl (C=O) groups excluding carboxylic acids is 2. The van der Waals surface area contributed by atoms with Gasteiger partial charge in [0, 0.05) is 50.8 Å². The van der Waals surface area contributed by atoms with E-state index in [1.807, 2.05) is 20.8 Å². The predicted molar refractivity (Wildman–Crippen MR) is 173 cm³/mol. The number of anilines is 3. The lowest BCUT2D eigenvalue weighted by Crippen LogP contribution is -2.52. The van der Waals surface area contributed by atoms with E-state index in [1.54, 1.807) is 23.5 Å². The Balaban J connectivity index is 1.05. The largest absolute Gasteiger partial charge is 0.350 e. The summed E-state index contributed by atoms with van der Waals surface area (Å²) in [6.45, 7) is 9.33. The van der Waals surface area contributed by atoms with Gasteiger partial charge >= 0.3 is 0 Å². The fourth-order valence-corrected chi connectivity index (χ4v) is 8.71. The van der Waals surface area contributed by atoms with Gasteiger partial charge < -0.3 is 24.9 Å². The summed E-state index contributed by atoms with van der Waals surface area (Å²) in [6, 6.07) is 5.25. The van der Waals surface area contributed by atoms with Gasteiger partial charge in [0.15, 0.2) is 5.82 Å². The molecule has 1 aromatic carbocycles. The Morgan fingerprint density at radius 3 is 2.64 bits per heavy atom. The van der Waals surface area contributed by atoms with E-state index >= 15 is 0 Å². The summed E-state index contributed by atoms with van der Waals surface area (Å²) in [7, 11) is 0. The van der Waals surface area contributed by atoms with E-state index in [0.717, 1.165) is 55.7 Å². The number of hydrogen-bond acceptors (Lipinski definition) is 7. The Bertz CT molecular complexity index is 1420. The summed E-state index contributed by atoms with van der Waals surface area (Å²) in [5.74, 6) is 2.73. The number of hydrogen-bond donors (Lipinski definition) is 1. The lowest BCUT2D eigenvalue weighted by atomic mass is 9.90. The number of amides is 2. The minimum atomic E-state index is -0.429. The first-order chi connectivity index (χ1) is 21.8. The van der Waals surface area contributed by atoms with Crippen molar-refractivity contribution in [3.05, 3.63) is 42.1 Å². The average Bonchev–Trinajstić information content (AvgIpc) is 3.72. The van der Waals surface area contributed by atoms with E-state index in [-0.39, 0.29) is 24.0 Å². The average molecular weight is 618 g/mol. The number of nitrogens with one attached hydrogen (secondary N) is 1. The minimum Gasteiger partial charge on any atom is -0.350 e. The van der Waals surface area contributed by atoms with Gasteiger partial charge in [-0.25, -0.2) is 14.4 Å². The van der Waals surface area contributed by atoms with Crippen LogP contribution in [0.2, 0.25) is 0 Å². The second kappa shape index (κ2) is 12.5. The molecule has 9 nitrogen and oxygen atoms in total. The highest BCUT2D eigenvalue weighted by atomic mass is 19.1. The maximum absolute atomic E-state index is 14.5. The molecule has 2 amide bonds. The van der Waals surface area contributed by atoms with Gasteiger partial charge in [-0.15, -0.1) is 0 Å². The molecule has 3 aliphatic heterocycles. The highest BCUT2D eigenvalue weighted by Crippen LogP contribution is 2.47. The van der Waals surface area contributed by atoms with Gasteiger partial charge in [-0.1, -0.05) is 12.8 Å². The number of likely N-dealkylation sites (tertiary alicyclic amines) is 1. The van der Waals surface area contributed by atoms with Crippen LogP contribution in [0.15, 0.2) is 30.7 Å². The van der Waals surface area contributed by atoms with Crippen molar-refractivity contribution in [2.75, 3.05) is 42.5 Å². The van der Waals surface area contributed by atoms with Crippen LogP contribution < -0.4 is 15.1 Å². The monoisotopic (exact) mass is 617 g/mol. The molecule has 10 heteroatoms. The third-order valence-corrected chi connectivity index (χ3v) is 11.2. The fraction of sp³-hybridized carbons (Fsp3) is 0.657. The van der Waals surface area contributed by atoms with E-state index in [1.165, 1.54) is 44.2 Å². The predicted octanol–water partition coefficient (Wildman–Crippen LogP) is 4.99. The Morgan fingerprint density at radius 2 is 1.91 bits per heavy atom. The van der Waals surface area contributed by atoms with Crippen LogP contribution >= 0.6 is 0 Å². The second-order valence-electron chi connectivity index (χ2n) is 14.3. The van der Waals surface area contributed by atoms with Crippen LogP contribution in [0.4, 0.5) is 21.6 Å². The van der Waals surface area contributed by atoms with Crippen LogP contribution in [0.3, 0.4) is 0 Å². The Kier molecular flexibility index (Phi) is 8.44. The smallest absolute Gasteiger partial charge is 0.256 e. The quantitative estimate of drug-likeness (QED) is 0.447. The third-order valence-electron chi connectivity index (χ3n) is 11.2. The van der Waals surface area contributed by atoms with Crippen molar-refractivity contribution in [3.8, 4) is 0 Å². The maximum Gasteiger partial charge on any atom is 0.256 e.